The molecule has 0 aliphatic carbocycles. The molecule has 294 valence electrons. The van der Waals surface area contributed by atoms with Gasteiger partial charge in [0.2, 0.25) is 12.6 Å². The van der Waals surface area contributed by atoms with Gasteiger partial charge in [0.1, 0.15) is 67.8 Å². The molecule has 0 amide bonds. The Morgan fingerprint density at radius 2 is 1.21 bits per heavy atom. The van der Waals surface area contributed by atoms with Crippen molar-refractivity contribution in [2.75, 3.05) is 20.3 Å². The standard InChI is InChI=1S/C33H42O20/c1-47-19-8-16(4-7-18(19)51-31-29(44)27(42)25(40)21(12-35)53-31)14-49-32(45)33(46,9-22(36)37)10-23(38)48-13-15-2-5-17(6-3-15)50-30-28(43)26(41)24(39)20(11-34)52-30/h2-8,20-21,24-31,34-35,39-44,46H,9-14H2,1H3,(H,36,37)/t20-,21-,24-,25-,26+,27+,28-,29-,30-,31-,33?/m1/s1. The third-order valence-corrected chi connectivity index (χ3v) is 8.37. The fourth-order valence-electron chi connectivity index (χ4n) is 5.35. The van der Waals surface area contributed by atoms with Crippen molar-refractivity contribution in [1.29, 1.82) is 0 Å². The lowest BCUT2D eigenvalue weighted by atomic mass is 9.95. The number of aliphatic carboxylic acids is 1. The fraction of sp³-hybridized carbons (Fsp3) is 0.545. The van der Waals surface area contributed by atoms with Gasteiger partial charge in [-0.1, -0.05) is 18.2 Å². The zero-order chi connectivity index (χ0) is 39.0. The maximum absolute atomic E-state index is 12.9. The first-order chi connectivity index (χ1) is 25.1. The van der Waals surface area contributed by atoms with Crippen LogP contribution in [0.15, 0.2) is 42.5 Å². The molecule has 2 aliphatic rings. The maximum atomic E-state index is 12.9. The van der Waals surface area contributed by atoms with Gasteiger partial charge in [0.05, 0.1) is 33.2 Å². The minimum absolute atomic E-state index is 0.0204. The van der Waals surface area contributed by atoms with Gasteiger partial charge in [-0.2, -0.15) is 0 Å². The second kappa shape index (κ2) is 18.2. The van der Waals surface area contributed by atoms with Crippen molar-refractivity contribution in [2.45, 2.75) is 93.1 Å². The molecule has 0 spiro atoms. The molecular formula is C33H42O20. The SMILES string of the molecule is COc1cc(COC(=O)C(O)(CC(=O)O)CC(=O)OCc2ccc(O[C@@H]3O[C@H](CO)[C@@H](O)[C@H](O)[C@H]3O)cc2)ccc1O[C@@H]1O[C@H](CO)[C@@H](O)[C@H](O)[C@H]1O. The summed E-state index contributed by atoms with van der Waals surface area (Å²) in [5.74, 6) is -4.09. The van der Waals surface area contributed by atoms with Crippen molar-refractivity contribution in [3.63, 3.8) is 0 Å². The number of carboxylic acids is 1. The van der Waals surface area contributed by atoms with Gasteiger partial charge < -0.3 is 84.2 Å². The summed E-state index contributed by atoms with van der Waals surface area (Å²) in [4.78, 5) is 37.1. The first-order valence-corrected chi connectivity index (χ1v) is 16.1. The number of benzene rings is 2. The Hall–Kier alpha value is -4.19. The van der Waals surface area contributed by atoms with E-state index in [0.717, 1.165) is 0 Å². The first kappa shape index (κ1) is 41.6. The Morgan fingerprint density at radius 3 is 1.74 bits per heavy atom. The van der Waals surface area contributed by atoms with E-state index in [9.17, 15) is 65.4 Å². The van der Waals surface area contributed by atoms with Crippen molar-refractivity contribution in [1.82, 2.24) is 0 Å². The van der Waals surface area contributed by atoms with Crippen LogP contribution in [0.4, 0.5) is 0 Å². The van der Waals surface area contributed by atoms with Crippen LogP contribution in [0.3, 0.4) is 0 Å². The summed E-state index contributed by atoms with van der Waals surface area (Å²) >= 11 is 0. The Morgan fingerprint density at radius 1 is 0.679 bits per heavy atom. The molecule has 20 nitrogen and oxygen atoms in total. The first-order valence-electron chi connectivity index (χ1n) is 16.1. The zero-order valence-electron chi connectivity index (χ0n) is 28.1. The summed E-state index contributed by atoms with van der Waals surface area (Å²) in [7, 11) is 1.26. The highest BCUT2D eigenvalue weighted by atomic mass is 16.7. The van der Waals surface area contributed by atoms with Gasteiger partial charge in [0, 0.05) is 0 Å². The van der Waals surface area contributed by atoms with Crippen LogP contribution in [-0.4, -0.2) is 156 Å². The molecule has 2 saturated heterocycles. The number of hydrogen-bond acceptors (Lipinski definition) is 19. The van der Waals surface area contributed by atoms with Crippen molar-refractivity contribution >= 4 is 17.9 Å². The number of aliphatic hydroxyl groups excluding tert-OH is 8. The Labute approximate surface area is 300 Å². The van der Waals surface area contributed by atoms with Gasteiger partial charge in [0.25, 0.3) is 0 Å². The third-order valence-electron chi connectivity index (χ3n) is 8.37. The molecule has 20 heteroatoms. The largest absolute Gasteiger partial charge is 0.493 e. The predicted octanol–water partition coefficient (Wildman–Crippen LogP) is -3.56. The number of rotatable bonds is 16. The van der Waals surface area contributed by atoms with E-state index in [4.69, 9.17) is 33.2 Å². The van der Waals surface area contributed by atoms with Gasteiger partial charge in [-0.3, -0.25) is 9.59 Å². The summed E-state index contributed by atoms with van der Waals surface area (Å²) in [6.45, 7) is -2.24. The molecule has 0 aromatic heterocycles. The second-order valence-corrected chi connectivity index (χ2v) is 12.3. The Kier molecular flexibility index (Phi) is 14.3. The van der Waals surface area contributed by atoms with E-state index in [0.29, 0.717) is 5.56 Å². The zero-order valence-corrected chi connectivity index (χ0v) is 28.1. The number of esters is 2. The van der Waals surface area contributed by atoms with E-state index in [1.165, 1.54) is 49.6 Å². The molecule has 2 aromatic carbocycles. The number of hydrogen-bond donors (Lipinski definition) is 10. The molecule has 4 rings (SSSR count). The molecule has 2 fully saturated rings. The molecule has 1 unspecified atom stereocenters. The van der Waals surface area contributed by atoms with Gasteiger partial charge in [0.15, 0.2) is 17.1 Å². The number of carbonyl (C=O) groups excluding carboxylic acids is 2. The molecule has 2 aromatic rings. The molecule has 0 bridgehead atoms. The molecule has 53 heavy (non-hydrogen) atoms. The molecule has 0 radical (unpaired) electrons. The number of carboxylic acid groups (broad SMARTS) is 1. The third kappa shape index (κ3) is 10.3. The smallest absolute Gasteiger partial charge is 0.339 e. The summed E-state index contributed by atoms with van der Waals surface area (Å²) in [6, 6.07) is 9.70. The highest BCUT2D eigenvalue weighted by Gasteiger charge is 2.46. The molecule has 2 aliphatic heterocycles. The van der Waals surface area contributed by atoms with E-state index in [2.05, 4.69) is 0 Å². The van der Waals surface area contributed by atoms with Crippen LogP contribution in [0.25, 0.3) is 0 Å². The van der Waals surface area contributed by atoms with Crippen LogP contribution in [0.5, 0.6) is 17.2 Å². The molecule has 0 saturated carbocycles. The number of carbonyl (C=O) groups is 3. The van der Waals surface area contributed by atoms with Crippen LogP contribution in [-0.2, 0) is 46.5 Å². The molecule has 2 heterocycles. The quantitative estimate of drug-likeness (QED) is 0.0741. The van der Waals surface area contributed by atoms with Gasteiger partial charge in [-0.05, 0) is 35.4 Å². The highest BCUT2D eigenvalue weighted by Crippen LogP contribution is 2.33. The molecular weight excluding hydrogens is 716 g/mol. The average Bonchev–Trinajstić information content (AvgIpc) is 3.13. The lowest BCUT2D eigenvalue weighted by molar-refractivity contribution is -0.277. The number of methoxy groups -OCH3 is 1. The van der Waals surface area contributed by atoms with E-state index < -0.39 is 118 Å². The number of aliphatic hydroxyl groups is 9. The van der Waals surface area contributed by atoms with E-state index >= 15 is 0 Å². The summed E-state index contributed by atoms with van der Waals surface area (Å²) in [5, 5.41) is 99.2. The van der Waals surface area contributed by atoms with Crippen molar-refractivity contribution in [3.05, 3.63) is 53.6 Å². The number of ether oxygens (including phenoxy) is 7. The lowest BCUT2D eigenvalue weighted by Gasteiger charge is -2.39. The topological polar surface area (TPSA) is 318 Å². The summed E-state index contributed by atoms with van der Waals surface area (Å²) in [5.41, 5.74) is -2.20. The highest BCUT2D eigenvalue weighted by molar-refractivity contribution is 5.89. The second-order valence-electron chi connectivity index (χ2n) is 12.3. The normalized spacial score (nSPS) is 29.7. The van der Waals surface area contributed by atoms with Crippen LogP contribution >= 0.6 is 0 Å². The fourth-order valence-corrected chi connectivity index (χ4v) is 5.35. The van der Waals surface area contributed by atoms with Crippen molar-refractivity contribution < 1.29 is 98.6 Å². The molecule has 11 atom stereocenters. The Balaban J connectivity index is 1.32. The minimum atomic E-state index is -2.83. The molecule has 10 N–H and O–H groups in total. The van der Waals surface area contributed by atoms with Crippen molar-refractivity contribution in [2.24, 2.45) is 0 Å². The van der Waals surface area contributed by atoms with Crippen LogP contribution < -0.4 is 14.2 Å². The average molecular weight is 759 g/mol. The summed E-state index contributed by atoms with van der Waals surface area (Å²) in [6.07, 6.45) is -17.5. The predicted molar refractivity (Wildman–Crippen MR) is 170 cm³/mol. The van der Waals surface area contributed by atoms with E-state index in [-0.39, 0.29) is 29.4 Å². The van der Waals surface area contributed by atoms with Crippen LogP contribution in [0, 0.1) is 0 Å². The summed E-state index contributed by atoms with van der Waals surface area (Å²) < 4.78 is 37.2. The van der Waals surface area contributed by atoms with Gasteiger partial charge >= 0.3 is 17.9 Å². The van der Waals surface area contributed by atoms with Gasteiger partial charge in [-0.15, -0.1) is 0 Å². The monoisotopic (exact) mass is 758 g/mol. The van der Waals surface area contributed by atoms with Crippen LogP contribution in [0.2, 0.25) is 0 Å². The van der Waals surface area contributed by atoms with Crippen LogP contribution in [0.1, 0.15) is 24.0 Å². The van der Waals surface area contributed by atoms with Crippen molar-refractivity contribution in [3.8, 4) is 17.2 Å². The maximum Gasteiger partial charge on any atom is 0.339 e. The van der Waals surface area contributed by atoms with Gasteiger partial charge in [-0.25, -0.2) is 4.79 Å². The van der Waals surface area contributed by atoms with E-state index in [1.807, 2.05) is 0 Å². The Bertz CT molecular complexity index is 1530. The lowest BCUT2D eigenvalue weighted by Crippen LogP contribution is -2.60. The van der Waals surface area contributed by atoms with E-state index in [1.54, 1.807) is 0 Å². The minimum Gasteiger partial charge on any atom is -0.493 e.